The number of pyridine rings is 1. The van der Waals surface area contributed by atoms with Gasteiger partial charge in [-0.2, -0.15) is 0 Å². The van der Waals surface area contributed by atoms with Crippen LogP contribution in [0.4, 0.5) is 10.5 Å². The summed E-state index contributed by atoms with van der Waals surface area (Å²) in [5.41, 5.74) is 4.57. The molecule has 126 valence electrons. The lowest BCUT2D eigenvalue weighted by molar-refractivity contribution is -0.147. The standard InChI is InChI=1S/C14H20N4O5/c1-14(2,12(20)21)4-5-16-13(22)18-8-6-9(10(15)19)11(23-3)17-7-8/h6-7H,4-5H2,1-3H3,(H2,15,19)(H,20,21)(H2,16,18,22). The van der Waals surface area contributed by atoms with Crippen molar-refractivity contribution in [1.29, 1.82) is 0 Å². The van der Waals surface area contributed by atoms with Gasteiger partial charge in [0.05, 0.1) is 24.4 Å². The van der Waals surface area contributed by atoms with E-state index in [4.69, 9.17) is 15.6 Å². The number of nitrogens with zero attached hydrogens (tertiary/aromatic N) is 1. The van der Waals surface area contributed by atoms with Gasteiger partial charge in [0.1, 0.15) is 5.56 Å². The second-order valence-electron chi connectivity index (χ2n) is 5.47. The van der Waals surface area contributed by atoms with Crippen molar-refractivity contribution in [2.75, 3.05) is 19.0 Å². The second-order valence-corrected chi connectivity index (χ2v) is 5.47. The van der Waals surface area contributed by atoms with E-state index in [0.29, 0.717) is 0 Å². The van der Waals surface area contributed by atoms with Crippen LogP contribution >= 0.6 is 0 Å². The molecule has 3 amide bonds. The zero-order chi connectivity index (χ0) is 17.6. The number of carboxylic acids is 1. The quantitative estimate of drug-likeness (QED) is 0.584. The number of carboxylic acid groups (broad SMARTS) is 1. The van der Waals surface area contributed by atoms with Crippen LogP contribution in [-0.2, 0) is 4.79 Å². The number of rotatable bonds is 7. The molecule has 23 heavy (non-hydrogen) atoms. The third-order valence-corrected chi connectivity index (χ3v) is 3.18. The fourth-order valence-corrected chi connectivity index (χ4v) is 1.63. The summed E-state index contributed by atoms with van der Waals surface area (Å²) in [6.07, 6.45) is 1.58. The number of nitrogens with one attached hydrogen (secondary N) is 2. The van der Waals surface area contributed by atoms with E-state index < -0.39 is 23.3 Å². The van der Waals surface area contributed by atoms with Gasteiger partial charge in [0.25, 0.3) is 5.91 Å². The molecule has 0 fully saturated rings. The van der Waals surface area contributed by atoms with Gasteiger partial charge in [-0.05, 0) is 26.3 Å². The summed E-state index contributed by atoms with van der Waals surface area (Å²) in [7, 11) is 1.35. The molecule has 0 aliphatic rings. The second kappa shape index (κ2) is 7.43. The Kier molecular flexibility index (Phi) is 5.88. The number of aromatic nitrogens is 1. The molecule has 0 saturated carbocycles. The minimum atomic E-state index is -0.940. The van der Waals surface area contributed by atoms with E-state index in [-0.39, 0.29) is 30.1 Å². The first-order valence-corrected chi connectivity index (χ1v) is 6.79. The minimum absolute atomic E-state index is 0.0392. The van der Waals surface area contributed by atoms with Crippen molar-refractivity contribution in [3.8, 4) is 5.88 Å². The van der Waals surface area contributed by atoms with Gasteiger partial charge < -0.3 is 26.2 Å². The number of urea groups is 1. The Hall–Kier alpha value is -2.84. The minimum Gasteiger partial charge on any atom is -0.481 e. The Morgan fingerprint density at radius 1 is 1.39 bits per heavy atom. The van der Waals surface area contributed by atoms with Crippen molar-refractivity contribution in [3.63, 3.8) is 0 Å². The zero-order valence-corrected chi connectivity index (χ0v) is 13.2. The molecule has 0 unspecified atom stereocenters. The molecule has 1 aromatic heterocycles. The summed E-state index contributed by atoms with van der Waals surface area (Å²) in [6.45, 7) is 3.32. The molecule has 0 spiro atoms. The predicted molar refractivity (Wildman–Crippen MR) is 82.4 cm³/mol. The van der Waals surface area contributed by atoms with Gasteiger partial charge in [-0.1, -0.05) is 0 Å². The van der Waals surface area contributed by atoms with Crippen molar-refractivity contribution in [2.45, 2.75) is 20.3 Å². The number of carbonyl (C=O) groups excluding carboxylic acids is 2. The van der Waals surface area contributed by atoms with E-state index in [1.807, 2.05) is 0 Å². The first-order valence-electron chi connectivity index (χ1n) is 6.79. The lowest BCUT2D eigenvalue weighted by atomic mass is 9.90. The Balaban J connectivity index is 2.63. The van der Waals surface area contributed by atoms with Crippen molar-refractivity contribution in [3.05, 3.63) is 17.8 Å². The van der Waals surface area contributed by atoms with Crippen molar-refractivity contribution >= 4 is 23.6 Å². The van der Waals surface area contributed by atoms with Crippen molar-refractivity contribution in [1.82, 2.24) is 10.3 Å². The molecule has 5 N–H and O–H groups in total. The molecule has 1 heterocycles. The highest BCUT2D eigenvalue weighted by Gasteiger charge is 2.26. The number of carbonyl (C=O) groups is 3. The molecule has 1 aromatic rings. The summed E-state index contributed by atoms with van der Waals surface area (Å²) in [5.74, 6) is -1.61. The third-order valence-electron chi connectivity index (χ3n) is 3.18. The summed E-state index contributed by atoms with van der Waals surface area (Å²) in [5, 5.41) is 14.0. The average Bonchev–Trinajstić information content (AvgIpc) is 2.46. The normalized spacial score (nSPS) is 10.7. The van der Waals surface area contributed by atoms with E-state index in [2.05, 4.69) is 15.6 Å². The summed E-state index contributed by atoms with van der Waals surface area (Å²) >= 11 is 0. The van der Waals surface area contributed by atoms with Crippen molar-refractivity contribution in [2.24, 2.45) is 11.1 Å². The summed E-state index contributed by atoms with van der Waals surface area (Å²) < 4.78 is 4.90. The van der Waals surface area contributed by atoms with Crippen LogP contribution in [0.25, 0.3) is 0 Å². The maximum Gasteiger partial charge on any atom is 0.319 e. The molecule has 9 nitrogen and oxygen atoms in total. The van der Waals surface area contributed by atoms with Gasteiger partial charge in [-0.3, -0.25) is 9.59 Å². The van der Waals surface area contributed by atoms with Crippen LogP contribution in [-0.4, -0.2) is 41.7 Å². The molecule has 0 aliphatic heterocycles. The third kappa shape index (κ3) is 5.13. The van der Waals surface area contributed by atoms with E-state index in [9.17, 15) is 14.4 Å². The number of hydrogen-bond acceptors (Lipinski definition) is 5. The topological polar surface area (TPSA) is 144 Å². The highest BCUT2D eigenvalue weighted by Crippen LogP contribution is 2.20. The molecule has 0 radical (unpaired) electrons. The Bertz CT molecular complexity index is 615. The van der Waals surface area contributed by atoms with Gasteiger partial charge >= 0.3 is 12.0 Å². The molecular weight excluding hydrogens is 304 g/mol. The van der Waals surface area contributed by atoms with Crippen LogP contribution in [0.15, 0.2) is 12.3 Å². The van der Waals surface area contributed by atoms with Gasteiger partial charge in [0.2, 0.25) is 5.88 Å². The van der Waals surface area contributed by atoms with Gasteiger partial charge in [0, 0.05) is 6.54 Å². The first kappa shape index (κ1) is 18.2. The van der Waals surface area contributed by atoms with Crippen LogP contribution in [0.5, 0.6) is 5.88 Å². The molecular formula is C14H20N4O5. The molecule has 1 rings (SSSR count). The SMILES string of the molecule is COc1ncc(NC(=O)NCCC(C)(C)C(=O)O)cc1C(N)=O. The van der Waals surface area contributed by atoms with E-state index in [1.54, 1.807) is 13.8 Å². The van der Waals surface area contributed by atoms with Gasteiger partial charge in [0.15, 0.2) is 0 Å². The molecule has 9 heteroatoms. The molecule has 0 bridgehead atoms. The lowest BCUT2D eigenvalue weighted by Gasteiger charge is -2.19. The number of nitrogens with two attached hydrogens (primary N) is 1. The first-order chi connectivity index (χ1) is 10.7. The number of methoxy groups -OCH3 is 1. The van der Waals surface area contributed by atoms with Crippen LogP contribution in [0.2, 0.25) is 0 Å². The fraction of sp³-hybridized carbons (Fsp3) is 0.429. The zero-order valence-electron chi connectivity index (χ0n) is 13.2. The van der Waals surface area contributed by atoms with Gasteiger partial charge in [-0.15, -0.1) is 0 Å². The van der Waals surface area contributed by atoms with Crippen LogP contribution in [0.1, 0.15) is 30.6 Å². The highest BCUT2D eigenvalue weighted by molar-refractivity contribution is 5.97. The summed E-state index contributed by atoms with van der Waals surface area (Å²) in [6, 6.07) is 0.795. The maximum atomic E-state index is 11.8. The molecule has 0 saturated heterocycles. The molecule has 0 aliphatic carbocycles. The molecule has 0 atom stereocenters. The van der Waals surface area contributed by atoms with E-state index >= 15 is 0 Å². The number of aliphatic carboxylic acids is 1. The Labute approximate surface area is 133 Å². The maximum absolute atomic E-state index is 11.8. The summed E-state index contributed by atoms with van der Waals surface area (Å²) in [4.78, 5) is 37.9. The Morgan fingerprint density at radius 3 is 2.57 bits per heavy atom. The highest BCUT2D eigenvalue weighted by atomic mass is 16.5. The van der Waals surface area contributed by atoms with Crippen LogP contribution in [0.3, 0.4) is 0 Å². The number of anilines is 1. The van der Waals surface area contributed by atoms with E-state index in [0.717, 1.165) is 0 Å². The van der Waals surface area contributed by atoms with Crippen molar-refractivity contribution < 1.29 is 24.2 Å². The monoisotopic (exact) mass is 324 g/mol. The largest absolute Gasteiger partial charge is 0.481 e. The number of hydrogen-bond donors (Lipinski definition) is 4. The molecule has 0 aromatic carbocycles. The van der Waals surface area contributed by atoms with Crippen LogP contribution < -0.4 is 21.1 Å². The average molecular weight is 324 g/mol. The smallest absolute Gasteiger partial charge is 0.319 e. The van der Waals surface area contributed by atoms with Crippen LogP contribution in [0, 0.1) is 5.41 Å². The lowest BCUT2D eigenvalue weighted by Crippen LogP contribution is -2.34. The predicted octanol–water partition coefficient (Wildman–Crippen LogP) is 0.812. The number of ether oxygens (including phenoxy) is 1. The van der Waals surface area contributed by atoms with E-state index in [1.165, 1.54) is 19.4 Å². The number of amides is 3. The van der Waals surface area contributed by atoms with Gasteiger partial charge in [-0.25, -0.2) is 9.78 Å². The Morgan fingerprint density at radius 2 is 2.04 bits per heavy atom. The fourth-order valence-electron chi connectivity index (χ4n) is 1.63. The number of primary amides is 1.